The average molecular weight is 242 g/mol. The van der Waals surface area contributed by atoms with Gasteiger partial charge in [-0.15, -0.1) is 0 Å². The first kappa shape index (κ1) is 12.1. The van der Waals surface area contributed by atoms with Crippen molar-refractivity contribution in [3.8, 4) is 0 Å². The molecule has 0 radical (unpaired) electrons. The fourth-order valence-corrected chi connectivity index (χ4v) is 1.86. The maximum atomic E-state index is 11.3. The van der Waals surface area contributed by atoms with E-state index >= 15 is 0 Å². The van der Waals surface area contributed by atoms with E-state index in [0.717, 1.165) is 11.4 Å². The molecule has 0 saturated carbocycles. The summed E-state index contributed by atoms with van der Waals surface area (Å²) in [6.45, 7) is 3.61. The Labute approximate surface area is 105 Å². The summed E-state index contributed by atoms with van der Waals surface area (Å²) in [5.74, 6) is -0.593. The predicted octanol–water partition coefficient (Wildman–Crippen LogP) is 3.14. The Balaban J connectivity index is 2.46. The lowest BCUT2D eigenvalue weighted by Gasteiger charge is -2.11. The van der Waals surface area contributed by atoms with Crippen LogP contribution >= 0.6 is 0 Å². The van der Waals surface area contributed by atoms with Crippen LogP contribution in [0.25, 0.3) is 0 Å². The fraction of sp³-hybridized carbons (Fsp3) is 0.143. The second-order valence-electron chi connectivity index (χ2n) is 4.10. The van der Waals surface area contributed by atoms with Crippen LogP contribution in [0.1, 0.15) is 21.6 Å². The number of aryl methyl sites for hydroxylation is 2. The Morgan fingerprint density at radius 3 is 2.50 bits per heavy atom. The number of anilines is 2. The monoisotopic (exact) mass is 242 g/mol. The molecule has 4 nitrogen and oxygen atoms in total. The maximum absolute atomic E-state index is 11.3. The largest absolute Gasteiger partial charge is 0.478 e. The number of hydrogen-bond donors (Lipinski definition) is 2. The van der Waals surface area contributed by atoms with Crippen LogP contribution in [0.4, 0.5) is 11.5 Å². The van der Waals surface area contributed by atoms with Gasteiger partial charge < -0.3 is 10.4 Å². The molecule has 0 unspecified atom stereocenters. The molecule has 0 bridgehead atoms. The molecule has 1 aromatic heterocycles. The number of aromatic carboxylic acids is 1. The summed E-state index contributed by atoms with van der Waals surface area (Å²) in [5, 5.41) is 12.3. The van der Waals surface area contributed by atoms with E-state index in [1.807, 2.05) is 37.3 Å². The van der Waals surface area contributed by atoms with E-state index in [0.29, 0.717) is 11.4 Å². The minimum Gasteiger partial charge on any atom is -0.478 e. The highest BCUT2D eigenvalue weighted by atomic mass is 16.4. The number of carbonyl (C=O) groups is 1. The zero-order valence-corrected chi connectivity index (χ0v) is 10.3. The third-order valence-electron chi connectivity index (χ3n) is 2.60. The van der Waals surface area contributed by atoms with Crippen LogP contribution in [0.3, 0.4) is 0 Å². The SMILES string of the molecule is Cc1cc(C)c(C(=O)O)c(Nc2ccccc2)n1. The summed E-state index contributed by atoms with van der Waals surface area (Å²) >= 11 is 0. The average Bonchev–Trinajstić information content (AvgIpc) is 2.28. The molecule has 0 fully saturated rings. The van der Waals surface area contributed by atoms with E-state index in [4.69, 9.17) is 0 Å². The lowest BCUT2D eigenvalue weighted by atomic mass is 10.1. The highest BCUT2D eigenvalue weighted by Crippen LogP contribution is 2.22. The highest BCUT2D eigenvalue weighted by molar-refractivity contribution is 5.95. The van der Waals surface area contributed by atoms with Gasteiger partial charge in [-0.05, 0) is 37.6 Å². The second kappa shape index (κ2) is 4.87. The quantitative estimate of drug-likeness (QED) is 0.868. The molecule has 0 aliphatic heterocycles. The third kappa shape index (κ3) is 2.48. The number of para-hydroxylation sites is 1. The first-order chi connectivity index (χ1) is 8.58. The van der Waals surface area contributed by atoms with Crippen LogP contribution in [0.2, 0.25) is 0 Å². The number of nitrogens with zero attached hydrogens (tertiary/aromatic N) is 1. The number of pyridine rings is 1. The van der Waals surface area contributed by atoms with Crippen molar-refractivity contribution < 1.29 is 9.90 Å². The van der Waals surface area contributed by atoms with E-state index in [2.05, 4.69) is 10.3 Å². The van der Waals surface area contributed by atoms with Crippen LogP contribution in [-0.2, 0) is 0 Å². The van der Waals surface area contributed by atoms with E-state index in [-0.39, 0.29) is 5.56 Å². The van der Waals surface area contributed by atoms with Crippen molar-refractivity contribution in [2.24, 2.45) is 0 Å². The smallest absolute Gasteiger partial charge is 0.339 e. The Hall–Kier alpha value is -2.36. The molecule has 0 amide bonds. The molecule has 2 N–H and O–H groups in total. The van der Waals surface area contributed by atoms with Crippen molar-refractivity contribution in [1.82, 2.24) is 4.98 Å². The summed E-state index contributed by atoms with van der Waals surface area (Å²) in [6.07, 6.45) is 0. The van der Waals surface area contributed by atoms with Crippen LogP contribution in [0, 0.1) is 13.8 Å². The highest BCUT2D eigenvalue weighted by Gasteiger charge is 2.15. The van der Waals surface area contributed by atoms with Gasteiger partial charge in [-0.2, -0.15) is 0 Å². The Bertz CT molecular complexity index is 580. The number of hydrogen-bond acceptors (Lipinski definition) is 3. The van der Waals surface area contributed by atoms with Gasteiger partial charge in [0.1, 0.15) is 11.4 Å². The zero-order chi connectivity index (χ0) is 13.1. The van der Waals surface area contributed by atoms with Gasteiger partial charge in [-0.1, -0.05) is 18.2 Å². The van der Waals surface area contributed by atoms with E-state index in [9.17, 15) is 9.90 Å². The molecule has 0 spiro atoms. The number of carboxylic acid groups (broad SMARTS) is 1. The summed E-state index contributed by atoms with van der Waals surface area (Å²) < 4.78 is 0. The summed E-state index contributed by atoms with van der Waals surface area (Å²) in [6, 6.07) is 11.2. The predicted molar refractivity (Wildman–Crippen MR) is 70.4 cm³/mol. The fourth-order valence-electron chi connectivity index (χ4n) is 1.86. The second-order valence-corrected chi connectivity index (χ2v) is 4.10. The van der Waals surface area contributed by atoms with Gasteiger partial charge in [-0.3, -0.25) is 0 Å². The van der Waals surface area contributed by atoms with Gasteiger partial charge >= 0.3 is 5.97 Å². The van der Waals surface area contributed by atoms with Crippen molar-refractivity contribution in [3.63, 3.8) is 0 Å². The van der Waals surface area contributed by atoms with Crippen LogP contribution in [0.15, 0.2) is 36.4 Å². The van der Waals surface area contributed by atoms with Crippen molar-refractivity contribution in [3.05, 3.63) is 53.2 Å². The molecule has 0 atom stereocenters. The topological polar surface area (TPSA) is 62.2 Å². The van der Waals surface area contributed by atoms with Gasteiger partial charge in [-0.25, -0.2) is 9.78 Å². The van der Waals surface area contributed by atoms with E-state index in [1.165, 1.54) is 0 Å². The van der Waals surface area contributed by atoms with Crippen molar-refractivity contribution in [2.45, 2.75) is 13.8 Å². The van der Waals surface area contributed by atoms with Crippen LogP contribution in [-0.4, -0.2) is 16.1 Å². The molecule has 0 aliphatic rings. The zero-order valence-electron chi connectivity index (χ0n) is 10.3. The number of benzene rings is 1. The Morgan fingerprint density at radius 2 is 1.89 bits per heavy atom. The lowest BCUT2D eigenvalue weighted by molar-refractivity contribution is 0.0697. The molecule has 0 saturated heterocycles. The van der Waals surface area contributed by atoms with Crippen molar-refractivity contribution in [2.75, 3.05) is 5.32 Å². The van der Waals surface area contributed by atoms with Crippen LogP contribution < -0.4 is 5.32 Å². The molecule has 2 aromatic rings. The van der Waals surface area contributed by atoms with Crippen molar-refractivity contribution in [1.29, 1.82) is 0 Å². The molecule has 92 valence electrons. The molecule has 0 aliphatic carbocycles. The normalized spacial score (nSPS) is 10.1. The minimum absolute atomic E-state index is 0.212. The summed E-state index contributed by atoms with van der Waals surface area (Å²) in [4.78, 5) is 15.5. The van der Waals surface area contributed by atoms with Gasteiger partial charge in [0.05, 0.1) is 0 Å². The molecule has 1 heterocycles. The number of nitrogens with one attached hydrogen (secondary N) is 1. The van der Waals surface area contributed by atoms with Crippen molar-refractivity contribution >= 4 is 17.5 Å². The molecular formula is C14H14N2O2. The van der Waals surface area contributed by atoms with Crippen LogP contribution in [0.5, 0.6) is 0 Å². The number of aromatic nitrogens is 1. The standard InChI is InChI=1S/C14H14N2O2/c1-9-8-10(2)15-13(12(9)14(17)18)16-11-6-4-3-5-7-11/h3-8H,1-2H3,(H,15,16)(H,17,18). The summed E-state index contributed by atoms with van der Waals surface area (Å²) in [5.41, 5.74) is 2.52. The molecule has 4 heteroatoms. The summed E-state index contributed by atoms with van der Waals surface area (Å²) in [7, 11) is 0. The molecule has 2 rings (SSSR count). The number of carboxylic acids is 1. The Kier molecular flexibility index (Phi) is 3.28. The Morgan fingerprint density at radius 1 is 1.22 bits per heavy atom. The minimum atomic E-state index is -0.974. The first-order valence-corrected chi connectivity index (χ1v) is 5.61. The number of rotatable bonds is 3. The van der Waals surface area contributed by atoms with Gasteiger partial charge in [0.25, 0.3) is 0 Å². The van der Waals surface area contributed by atoms with E-state index < -0.39 is 5.97 Å². The maximum Gasteiger partial charge on any atom is 0.339 e. The third-order valence-corrected chi connectivity index (χ3v) is 2.60. The molecule has 18 heavy (non-hydrogen) atoms. The molecule has 1 aromatic carbocycles. The van der Waals surface area contributed by atoms with E-state index in [1.54, 1.807) is 13.0 Å². The first-order valence-electron chi connectivity index (χ1n) is 5.61. The van der Waals surface area contributed by atoms with Gasteiger partial charge in [0.2, 0.25) is 0 Å². The lowest BCUT2D eigenvalue weighted by Crippen LogP contribution is -2.08. The molecular weight excluding hydrogens is 228 g/mol. The van der Waals surface area contributed by atoms with Gasteiger partial charge in [0.15, 0.2) is 0 Å². The van der Waals surface area contributed by atoms with Gasteiger partial charge in [0, 0.05) is 11.4 Å².